The third-order valence-corrected chi connectivity index (χ3v) is 5.70. The molecule has 3 rings (SSSR count). The summed E-state index contributed by atoms with van der Waals surface area (Å²) in [6.45, 7) is 3.65. The molecule has 0 amide bonds. The van der Waals surface area contributed by atoms with Crippen LogP contribution in [0.25, 0.3) is 11.0 Å². The lowest BCUT2D eigenvalue weighted by atomic mass is 9.97. The summed E-state index contributed by atoms with van der Waals surface area (Å²) in [5.41, 5.74) is 0.473. The minimum Gasteiger partial charge on any atom is -0.345 e. The minimum absolute atomic E-state index is 0.0725. The Morgan fingerprint density at radius 3 is 3.05 bits per heavy atom. The van der Waals surface area contributed by atoms with Crippen molar-refractivity contribution in [3.8, 4) is 0 Å². The van der Waals surface area contributed by atoms with Crippen LogP contribution in [0.3, 0.4) is 0 Å². The van der Waals surface area contributed by atoms with E-state index in [2.05, 4.69) is 20.0 Å². The van der Waals surface area contributed by atoms with Gasteiger partial charge in [-0.2, -0.15) is 0 Å². The molecule has 3 N–H and O–H groups in total. The molecule has 1 aliphatic heterocycles. The van der Waals surface area contributed by atoms with E-state index in [1.807, 2.05) is 6.92 Å². The quantitative estimate of drug-likeness (QED) is 0.796. The SMILES string of the molecule is CC1CNCCC1NS(=O)(=O)c1c[nH]c2nccc(Cl)c12. The summed E-state index contributed by atoms with van der Waals surface area (Å²) < 4.78 is 28.1. The largest absolute Gasteiger partial charge is 0.345 e. The summed E-state index contributed by atoms with van der Waals surface area (Å²) in [7, 11) is -3.63. The highest BCUT2D eigenvalue weighted by Gasteiger charge is 2.28. The second-order valence-corrected chi connectivity index (χ2v) is 7.46. The zero-order valence-electron chi connectivity index (χ0n) is 11.6. The van der Waals surface area contributed by atoms with Gasteiger partial charge >= 0.3 is 0 Å². The first kappa shape index (κ1) is 14.8. The Morgan fingerprint density at radius 2 is 2.29 bits per heavy atom. The van der Waals surface area contributed by atoms with Crippen LogP contribution in [0.4, 0.5) is 0 Å². The molecule has 2 aromatic rings. The average Bonchev–Trinajstić information content (AvgIpc) is 2.87. The first-order valence-corrected chi connectivity index (χ1v) is 8.70. The molecule has 21 heavy (non-hydrogen) atoms. The predicted octanol–water partition coefficient (Wildman–Crippen LogP) is 1.49. The second kappa shape index (κ2) is 5.57. The van der Waals surface area contributed by atoms with Crippen molar-refractivity contribution in [3.63, 3.8) is 0 Å². The molecule has 0 bridgehead atoms. The molecular formula is C13H17ClN4O2S. The van der Waals surface area contributed by atoms with Gasteiger partial charge in [-0.15, -0.1) is 0 Å². The van der Waals surface area contributed by atoms with E-state index in [9.17, 15) is 8.42 Å². The van der Waals surface area contributed by atoms with Gasteiger partial charge in [0, 0.05) is 18.4 Å². The Morgan fingerprint density at radius 1 is 1.48 bits per heavy atom. The highest BCUT2D eigenvalue weighted by molar-refractivity contribution is 7.89. The van der Waals surface area contributed by atoms with Crippen LogP contribution in [0.5, 0.6) is 0 Å². The third kappa shape index (κ3) is 2.78. The van der Waals surface area contributed by atoms with Gasteiger partial charge in [0.25, 0.3) is 0 Å². The number of aromatic nitrogens is 2. The Kier molecular flexibility index (Phi) is 3.92. The van der Waals surface area contributed by atoms with Crippen molar-refractivity contribution in [1.82, 2.24) is 20.0 Å². The van der Waals surface area contributed by atoms with Crippen LogP contribution in [0.2, 0.25) is 5.02 Å². The van der Waals surface area contributed by atoms with E-state index in [4.69, 9.17) is 11.6 Å². The first-order chi connectivity index (χ1) is 9.99. The molecular weight excluding hydrogens is 312 g/mol. The number of hydrogen-bond donors (Lipinski definition) is 3. The molecule has 0 spiro atoms. The molecule has 0 radical (unpaired) electrons. The number of nitrogens with zero attached hydrogens (tertiary/aromatic N) is 1. The van der Waals surface area contributed by atoms with Crippen LogP contribution in [0.15, 0.2) is 23.4 Å². The lowest BCUT2D eigenvalue weighted by Gasteiger charge is -2.29. The van der Waals surface area contributed by atoms with Gasteiger partial charge in [0.15, 0.2) is 0 Å². The lowest BCUT2D eigenvalue weighted by molar-refractivity contribution is 0.328. The number of piperidine rings is 1. The molecule has 1 fully saturated rings. The highest BCUT2D eigenvalue weighted by Crippen LogP contribution is 2.28. The van der Waals surface area contributed by atoms with Crippen LogP contribution >= 0.6 is 11.6 Å². The number of halogens is 1. The van der Waals surface area contributed by atoms with E-state index >= 15 is 0 Å². The molecule has 1 aliphatic rings. The minimum atomic E-state index is -3.63. The number of rotatable bonds is 3. The summed E-state index contributed by atoms with van der Waals surface area (Å²) in [6, 6.07) is 1.51. The van der Waals surface area contributed by atoms with E-state index in [0.29, 0.717) is 16.1 Å². The molecule has 2 atom stereocenters. The topological polar surface area (TPSA) is 86.9 Å². The van der Waals surface area contributed by atoms with Crippen LogP contribution in [-0.2, 0) is 10.0 Å². The number of nitrogens with one attached hydrogen (secondary N) is 3. The van der Waals surface area contributed by atoms with Crippen molar-refractivity contribution in [3.05, 3.63) is 23.5 Å². The number of fused-ring (bicyclic) bond motifs is 1. The van der Waals surface area contributed by atoms with Crippen molar-refractivity contribution in [2.75, 3.05) is 13.1 Å². The van der Waals surface area contributed by atoms with Crippen molar-refractivity contribution < 1.29 is 8.42 Å². The van der Waals surface area contributed by atoms with Crippen LogP contribution < -0.4 is 10.0 Å². The van der Waals surface area contributed by atoms with Crippen molar-refractivity contribution >= 4 is 32.7 Å². The molecule has 1 saturated heterocycles. The maximum atomic E-state index is 12.6. The fourth-order valence-electron chi connectivity index (χ4n) is 2.65. The summed E-state index contributed by atoms with van der Waals surface area (Å²) >= 11 is 6.12. The third-order valence-electron chi connectivity index (χ3n) is 3.87. The van der Waals surface area contributed by atoms with Crippen molar-refractivity contribution in [2.24, 2.45) is 5.92 Å². The van der Waals surface area contributed by atoms with Gasteiger partial charge in [0.05, 0.1) is 10.4 Å². The van der Waals surface area contributed by atoms with E-state index in [1.165, 1.54) is 6.20 Å². The van der Waals surface area contributed by atoms with Gasteiger partial charge < -0.3 is 10.3 Å². The molecule has 2 unspecified atom stereocenters. The molecule has 8 heteroatoms. The van der Waals surface area contributed by atoms with Crippen LogP contribution in [-0.4, -0.2) is 37.5 Å². The van der Waals surface area contributed by atoms with Gasteiger partial charge in [-0.25, -0.2) is 18.1 Å². The Labute approximate surface area is 128 Å². The molecule has 2 aromatic heterocycles. The second-order valence-electron chi connectivity index (χ2n) is 5.37. The zero-order chi connectivity index (χ0) is 15.0. The summed E-state index contributed by atoms with van der Waals surface area (Å²) in [6.07, 6.45) is 3.76. The normalized spacial score (nSPS) is 23.5. The highest BCUT2D eigenvalue weighted by atomic mass is 35.5. The number of aromatic amines is 1. The molecule has 114 valence electrons. The molecule has 0 aliphatic carbocycles. The Bertz CT molecular complexity index is 759. The van der Waals surface area contributed by atoms with E-state index < -0.39 is 10.0 Å². The van der Waals surface area contributed by atoms with E-state index in [-0.39, 0.29) is 16.9 Å². The van der Waals surface area contributed by atoms with Gasteiger partial charge in [-0.1, -0.05) is 18.5 Å². The van der Waals surface area contributed by atoms with Gasteiger partial charge in [-0.3, -0.25) is 0 Å². The molecule has 3 heterocycles. The van der Waals surface area contributed by atoms with E-state index in [0.717, 1.165) is 19.5 Å². The molecule has 6 nitrogen and oxygen atoms in total. The Hall–Kier alpha value is -1.15. The summed E-state index contributed by atoms with van der Waals surface area (Å²) in [5, 5.41) is 4.06. The molecule has 0 aromatic carbocycles. The van der Waals surface area contributed by atoms with Gasteiger partial charge in [0.2, 0.25) is 10.0 Å². The van der Waals surface area contributed by atoms with Gasteiger partial charge in [0.1, 0.15) is 10.5 Å². The average molecular weight is 329 g/mol. The van der Waals surface area contributed by atoms with Gasteiger partial charge in [-0.05, 0) is 31.5 Å². The Balaban J connectivity index is 1.97. The predicted molar refractivity (Wildman–Crippen MR) is 81.9 cm³/mol. The number of H-pyrrole nitrogens is 1. The first-order valence-electron chi connectivity index (χ1n) is 6.83. The smallest absolute Gasteiger partial charge is 0.243 e. The summed E-state index contributed by atoms with van der Waals surface area (Å²) in [4.78, 5) is 7.11. The summed E-state index contributed by atoms with van der Waals surface area (Å²) in [5.74, 6) is 0.243. The fraction of sp³-hybridized carbons (Fsp3) is 0.462. The molecule has 0 saturated carbocycles. The van der Waals surface area contributed by atoms with Crippen molar-refractivity contribution in [1.29, 1.82) is 0 Å². The van der Waals surface area contributed by atoms with Crippen LogP contribution in [0, 0.1) is 5.92 Å². The monoisotopic (exact) mass is 328 g/mol. The standard InChI is InChI=1S/C13H17ClN4O2S/c1-8-6-15-4-3-10(8)18-21(19,20)11-7-17-13-12(11)9(14)2-5-16-13/h2,5,7-8,10,15,18H,3-4,6H2,1H3,(H,16,17). The number of pyridine rings is 1. The van der Waals surface area contributed by atoms with Crippen molar-refractivity contribution in [2.45, 2.75) is 24.3 Å². The fourth-order valence-corrected chi connectivity index (χ4v) is 4.52. The zero-order valence-corrected chi connectivity index (χ0v) is 13.1. The maximum Gasteiger partial charge on any atom is 0.243 e. The van der Waals surface area contributed by atoms with E-state index in [1.54, 1.807) is 12.3 Å². The van der Waals surface area contributed by atoms with Crippen LogP contribution in [0.1, 0.15) is 13.3 Å². The lowest BCUT2D eigenvalue weighted by Crippen LogP contribution is -2.48. The number of hydrogen-bond acceptors (Lipinski definition) is 4. The number of sulfonamides is 1. The maximum absolute atomic E-state index is 12.6.